The van der Waals surface area contributed by atoms with Crippen molar-refractivity contribution in [3.8, 4) is 0 Å². The maximum Gasteiger partial charge on any atom is 0.300 e. The molecule has 0 bridgehead atoms. The molecule has 0 aliphatic carbocycles. The van der Waals surface area contributed by atoms with E-state index in [0.29, 0.717) is 13.2 Å². The third kappa shape index (κ3) is 35.4. The Morgan fingerprint density at radius 1 is 1.75 bits per heavy atom. The second-order valence-corrected chi connectivity index (χ2v) is 2.02. The molecule has 0 aromatic carbocycles. The third-order valence-corrected chi connectivity index (χ3v) is 0.729. The summed E-state index contributed by atoms with van der Waals surface area (Å²) in [4.78, 5) is 9.00. The highest BCUT2D eigenvalue weighted by molar-refractivity contribution is 5.62. The van der Waals surface area contributed by atoms with Gasteiger partial charge >= 0.3 is 0 Å². The third-order valence-electron chi connectivity index (χ3n) is 0.729. The SMILES string of the molecule is C=CCOCCCN.CC(=O)O. The summed E-state index contributed by atoms with van der Waals surface area (Å²) in [6, 6.07) is 0. The minimum Gasteiger partial charge on any atom is -0.481 e. The van der Waals surface area contributed by atoms with Crippen LogP contribution in [0.4, 0.5) is 0 Å². The summed E-state index contributed by atoms with van der Waals surface area (Å²) in [6.45, 7) is 6.68. The smallest absolute Gasteiger partial charge is 0.300 e. The van der Waals surface area contributed by atoms with Gasteiger partial charge < -0.3 is 15.6 Å². The van der Waals surface area contributed by atoms with Crippen molar-refractivity contribution in [2.75, 3.05) is 19.8 Å². The first-order valence-electron chi connectivity index (χ1n) is 3.73. The van der Waals surface area contributed by atoms with Crippen LogP contribution in [0.2, 0.25) is 0 Å². The van der Waals surface area contributed by atoms with Gasteiger partial charge in [-0.15, -0.1) is 6.58 Å². The Labute approximate surface area is 73.0 Å². The molecule has 0 saturated heterocycles. The van der Waals surface area contributed by atoms with Crippen LogP contribution in [0.25, 0.3) is 0 Å². The van der Waals surface area contributed by atoms with Gasteiger partial charge in [-0.25, -0.2) is 0 Å². The fourth-order valence-electron chi connectivity index (χ4n) is 0.352. The molecule has 0 heterocycles. The largest absolute Gasteiger partial charge is 0.481 e. The number of carbonyl (C=O) groups is 1. The molecule has 0 fully saturated rings. The Kier molecular flexibility index (Phi) is 14.6. The van der Waals surface area contributed by atoms with E-state index in [1.165, 1.54) is 0 Å². The molecule has 0 aromatic rings. The van der Waals surface area contributed by atoms with Crippen LogP contribution in [0.5, 0.6) is 0 Å². The van der Waals surface area contributed by atoms with Gasteiger partial charge in [0.25, 0.3) is 5.97 Å². The van der Waals surface area contributed by atoms with Crippen molar-refractivity contribution in [2.24, 2.45) is 5.73 Å². The summed E-state index contributed by atoms with van der Waals surface area (Å²) >= 11 is 0. The second-order valence-electron chi connectivity index (χ2n) is 2.02. The maximum atomic E-state index is 9.00. The quantitative estimate of drug-likeness (QED) is 0.475. The van der Waals surface area contributed by atoms with E-state index in [0.717, 1.165) is 20.0 Å². The number of carboxylic acids is 1. The van der Waals surface area contributed by atoms with Gasteiger partial charge in [0.15, 0.2) is 0 Å². The Hall–Kier alpha value is -0.870. The van der Waals surface area contributed by atoms with Crippen molar-refractivity contribution in [1.82, 2.24) is 0 Å². The number of hydrogen-bond acceptors (Lipinski definition) is 3. The van der Waals surface area contributed by atoms with Gasteiger partial charge in [0, 0.05) is 13.5 Å². The molecule has 0 aliphatic rings. The van der Waals surface area contributed by atoms with Gasteiger partial charge in [-0.1, -0.05) is 6.08 Å². The lowest BCUT2D eigenvalue weighted by molar-refractivity contribution is -0.134. The van der Waals surface area contributed by atoms with E-state index in [-0.39, 0.29) is 0 Å². The van der Waals surface area contributed by atoms with Crippen LogP contribution in [0.15, 0.2) is 12.7 Å². The number of ether oxygens (including phenoxy) is 1. The summed E-state index contributed by atoms with van der Waals surface area (Å²) in [5.41, 5.74) is 5.20. The van der Waals surface area contributed by atoms with Crippen LogP contribution in [0.1, 0.15) is 13.3 Å². The molecule has 0 unspecified atom stereocenters. The molecule has 4 nitrogen and oxygen atoms in total. The average molecular weight is 175 g/mol. The average Bonchev–Trinajstić information content (AvgIpc) is 1.97. The zero-order chi connectivity index (χ0) is 9.82. The van der Waals surface area contributed by atoms with E-state index in [4.69, 9.17) is 20.4 Å². The first kappa shape index (κ1) is 13.7. The van der Waals surface area contributed by atoms with Crippen molar-refractivity contribution in [2.45, 2.75) is 13.3 Å². The molecule has 0 atom stereocenters. The zero-order valence-corrected chi connectivity index (χ0v) is 7.45. The number of hydrogen-bond donors (Lipinski definition) is 2. The Morgan fingerprint density at radius 3 is 2.58 bits per heavy atom. The van der Waals surface area contributed by atoms with Gasteiger partial charge in [0.1, 0.15) is 0 Å². The molecule has 12 heavy (non-hydrogen) atoms. The standard InChI is InChI=1S/C6H13NO.C2H4O2/c1-2-5-8-6-3-4-7;1-2(3)4/h2H,1,3-7H2;1H3,(H,3,4). The Morgan fingerprint density at radius 2 is 2.25 bits per heavy atom. The summed E-state index contributed by atoms with van der Waals surface area (Å²) in [5.74, 6) is -0.833. The number of rotatable bonds is 5. The zero-order valence-electron chi connectivity index (χ0n) is 7.45. The minimum absolute atomic E-state index is 0.639. The van der Waals surface area contributed by atoms with Crippen LogP contribution in [0, 0.1) is 0 Å². The summed E-state index contributed by atoms with van der Waals surface area (Å²) in [6.07, 6.45) is 2.67. The number of aliphatic carboxylic acids is 1. The molecule has 0 radical (unpaired) electrons. The van der Waals surface area contributed by atoms with Crippen LogP contribution in [0.3, 0.4) is 0 Å². The molecule has 0 spiro atoms. The van der Waals surface area contributed by atoms with E-state index in [9.17, 15) is 0 Å². The lowest BCUT2D eigenvalue weighted by atomic mass is 10.5. The lowest BCUT2D eigenvalue weighted by Crippen LogP contribution is -2.03. The van der Waals surface area contributed by atoms with Gasteiger partial charge in [-0.3, -0.25) is 4.79 Å². The molecule has 0 saturated carbocycles. The van der Waals surface area contributed by atoms with Crippen molar-refractivity contribution < 1.29 is 14.6 Å². The van der Waals surface area contributed by atoms with Crippen LogP contribution in [-0.4, -0.2) is 30.8 Å². The summed E-state index contributed by atoms with van der Waals surface area (Å²) < 4.78 is 5.03. The topological polar surface area (TPSA) is 72.5 Å². The highest BCUT2D eigenvalue weighted by atomic mass is 16.5. The molecule has 72 valence electrons. The van der Waals surface area contributed by atoms with E-state index < -0.39 is 5.97 Å². The molecule has 3 N–H and O–H groups in total. The van der Waals surface area contributed by atoms with E-state index in [1.807, 2.05) is 0 Å². The number of carboxylic acid groups (broad SMARTS) is 1. The molecule has 0 aromatic heterocycles. The minimum atomic E-state index is -0.833. The van der Waals surface area contributed by atoms with Crippen molar-refractivity contribution in [1.29, 1.82) is 0 Å². The first-order valence-corrected chi connectivity index (χ1v) is 3.73. The first-order chi connectivity index (χ1) is 5.65. The molecule has 0 rings (SSSR count). The molecule has 0 aliphatic heterocycles. The van der Waals surface area contributed by atoms with Crippen LogP contribution < -0.4 is 5.73 Å². The van der Waals surface area contributed by atoms with Crippen LogP contribution >= 0.6 is 0 Å². The van der Waals surface area contributed by atoms with E-state index in [2.05, 4.69) is 6.58 Å². The predicted molar refractivity (Wildman–Crippen MR) is 48.0 cm³/mol. The predicted octanol–water partition coefficient (Wildman–Crippen LogP) is 0.629. The van der Waals surface area contributed by atoms with Crippen molar-refractivity contribution in [3.63, 3.8) is 0 Å². The maximum absolute atomic E-state index is 9.00. The lowest BCUT2D eigenvalue weighted by Gasteiger charge is -1.95. The number of nitrogens with two attached hydrogens (primary N) is 1. The second kappa shape index (κ2) is 12.8. The van der Waals surface area contributed by atoms with E-state index >= 15 is 0 Å². The van der Waals surface area contributed by atoms with Gasteiger partial charge in [-0.2, -0.15) is 0 Å². The summed E-state index contributed by atoms with van der Waals surface area (Å²) in [7, 11) is 0. The van der Waals surface area contributed by atoms with Gasteiger partial charge in [-0.05, 0) is 13.0 Å². The van der Waals surface area contributed by atoms with Crippen LogP contribution in [-0.2, 0) is 9.53 Å². The van der Waals surface area contributed by atoms with Crippen molar-refractivity contribution >= 4 is 5.97 Å². The monoisotopic (exact) mass is 175 g/mol. The molecule has 4 heteroatoms. The molecular weight excluding hydrogens is 158 g/mol. The molecule has 0 amide bonds. The highest BCUT2D eigenvalue weighted by Crippen LogP contribution is 1.78. The normalized spacial score (nSPS) is 8.17. The van der Waals surface area contributed by atoms with Crippen molar-refractivity contribution in [3.05, 3.63) is 12.7 Å². The Bertz CT molecular complexity index is 111. The van der Waals surface area contributed by atoms with Gasteiger partial charge in [0.2, 0.25) is 0 Å². The fourth-order valence-corrected chi connectivity index (χ4v) is 0.352. The Balaban J connectivity index is 0. The molecular formula is C8H17NO3. The van der Waals surface area contributed by atoms with E-state index in [1.54, 1.807) is 6.08 Å². The highest BCUT2D eigenvalue weighted by Gasteiger charge is 1.80. The fraction of sp³-hybridized carbons (Fsp3) is 0.625. The van der Waals surface area contributed by atoms with Gasteiger partial charge in [0.05, 0.1) is 6.61 Å². The summed E-state index contributed by atoms with van der Waals surface area (Å²) in [5, 5.41) is 7.42.